The van der Waals surface area contributed by atoms with Crippen LogP contribution in [0.3, 0.4) is 0 Å². The number of rotatable bonds is 4. The van der Waals surface area contributed by atoms with Crippen LogP contribution in [0.4, 0.5) is 0 Å². The maximum absolute atomic E-state index is 12.2. The van der Waals surface area contributed by atoms with Gasteiger partial charge in [0.1, 0.15) is 14.5 Å². The molecule has 3 rings (SSSR count). The minimum Gasteiger partial charge on any atom is -0.461 e. The number of ether oxygens (including phenoxy) is 2. The average Bonchev–Trinajstić information content (AvgIpc) is 2.84. The van der Waals surface area contributed by atoms with Crippen LogP contribution in [-0.4, -0.2) is 37.5 Å². The van der Waals surface area contributed by atoms with Crippen molar-refractivity contribution in [1.82, 2.24) is 5.32 Å². The van der Waals surface area contributed by atoms with Crippen LogP contribution in [0.15, 0.2) is 30.3 Å². The molecule has 1 aromatic carbocycles. The van der Waals surface area contributed by atoms with Crippen molar-refractivity contribution in [3.05, 3.63) is 35.9 Å². The first kappa shape index (κ1) is 14.6. The lowest BCUT2D eigenvalue weighted by molar-refractivity contribution is -0.155. The largest absolute Gasteiger partial charge is 0.461 e. The molecule has 2 saturated heterocycles. The van der Waals surface area contributed by atoms with Crippen molar-refractivity contribution in [2.75, 3.05) is 0 Å². The molecule has 2 fully saturated rings. The summed E-state index contributed by atoms with van der Waals surface area (Å²) in [7, 11) is 2.07. The summed E-state index contributed by atoms with van der Waals surface area (Å²) < 4.78 is 11.6. The third-order valence-electron chi connectivity index (χ3n) is 5.06. The molecule has 21 heavy (non-hydrogen) atoms. The van der Waals surface area contributed by atoms with Gasteiger partial charge in [-0.1, -0.05) is 37.3 Å². The Morgan fingerprint density at radius 1 is 1.38 bits per heavy atom. The average molecular weight is 287 g/mol. The molecule has 0 amide bonds. The number of fused-ring (bicyclic) bond motifs is 2. The van der Waals surface area contributed by atoms with E-state index in [1.165, 1.54) is 0 Å². The van der Waals surface area contributed by atoms with Crippen molar-refractivity contribution >= 4 is 13.8 Å². The van der Waals surface area contributed by atoms with E-state index in [-0.39, 0.29) is 18.0 Å². The summed E-state index contributed by atoms with van der Waals surface area (Å²) >= 11 is 0. The zero-order valence-electron chi connectivity index (χ0n) is 12.8. The van der Waals surface area contributed by atoms with E-state index >= 15 is 0 Å². The fourth-order valence-corrected chi connectivity index (χ4v) is 3.81. The number of morpholine rings is 1. The van der Waals surface area contributed by atoms with E-state index in [1.54, 1.807) is 0 Å². The van der Waals surface area contributed by atoms with Gasteiger partial charge in [0.15, 0.2) is 0 Å². The van der Waals surface area contributed by atoms with Crippen molar-refractivity contribution in [2.45, 2.75) is 50.6 Å². The molecular weight excluding hydrogens is 265 g/mol. The first-order chi connectivity index (χ1) is 10.0. The minimum absolute atomic E-state index is 0.151. The van der Waals surface area contributed by atoms with Crippen LogP contribution >= 0.6 is 0 Å². The molecule has 1 aromatic rings. The zero-order valence-corrected chi connectivity index (χ0v) is 12.8. The molecule has 0 aliphatic carbocycles. The Bertz CT molecular complexity index is 524. The minimum atomic E-state index is -0.419. The first-order valence-electron chi connectivity index (χ1n) is 7.66. The lowest BCUT2D eigenvalue weighted by atomic mass is 9.81. The van der Waals surface area contributed by atoms with Gasteiger partial charge in [0.25, 0.3) is 0 Å². The molecule has 2 aliphatic rings. The second-order valence-corrected chi connectivity index (χ2v) is 6.30. The topological polar surface area (TPSA) is 47.6 Å². The molecule has 1 N–H and O–H groups in total. The monoisotopic (exact) mass is 287 g/mol. The number of carbonyl (C=O) groups is 1. The van der Waals surface area contributed by atoms with Crippen molar-refractivity contribution in [2.24, 2.45) is 5.92 Å². The molecule has 112 valence electrons. The molecule has 1 unspecified atom stereocenters. The van der Waals surface area contributed by atoms with Gasteiger partial charge in [-0.2, -0.15) is 0 Å². The number of nitrogens with one attached hydrogen (secondary N) is 1. The fourth-order valence-electron chi connectivity index (χ4n) is 3.81. The lowest BCUT2D eigenvalue weighted by Crippen LogP contribution is -2.52. The van der Waals surface area contributed by atoms with E-state index in [2.05, 4.69) is 27.0 Å². The summed E-state index contributed by atoms with van der Waals surface area (Å²) in [4.78, 5) is 12.2. The van der Waals surface area contributed by atoms with Crippen molar-refractivity contribution < 1.29 is 14.3 Å². The molecule has 0 spiro atoms. The highest BCUT2D eigenvalue weighted by Gasteiger charge is 2.60. The summed E-state index contributed by atoms with van der Waals surface area (Å²) in [5, 5.41) is 3.54. The number of hydrogen-bond acceptors (Lipinski definition) is 4. The quantitative estimate of drug-likeness (QED) is 0.658. The Labute approximate surface area is 126 Å². The third-order valence-corrected chi connectivity index (χ3v) is 5.06. The Kier molecular flexibility index (Phi) is 3.80. The second-order valence-electron chi connectivity index (χ2n) is 6.30. The summed E-state index contributed by atoms with van der Waals surface area (Å²) in [6.07, 6.45) is 0.315. The summed E-state index contributed by atoms with van der Waals surface area (Å²) in [6, 6.07) is 10.4. The second kappa shape index (κ2) is 5.46. The Balaban J connectivity index is 1.62. The van der Waals surface area contributed by atoms with Gasteiger partial charge in [0.05, 0.1) is 12.0 Å². The smallest absolute Gasteiger partial charge is 0.309 e. The number of esters is 1. The predicted molar refractivity (Wildman–Crippen MR) is 82.6 cm³/mol. The fraction of sp³-hybridized carbons (Fsp3) is 0.562. The van der Waals surface area contributed by atoms with E-state index in [4.69, 9.17) is 9.47 Å². The van der Waals surface area contributed by atoms with E-state index in [0.29, 0.717) is 25.0 Å². The predicted octanol–water partition coefficient (Wildman–Crippen LogP) is 0.844. The van der Waals surface area contributed by atoms with Gasteiger partial charge in [-0.15, -0.1) is 0 Å². The number of benzene rings is 1. The van der Waals surface area contributed by atoms with Crippen LogP contribution in [0, 0.1) is 5.92 Å². The van der Waals surface area contributed by atoms with Crippen LogP contribution in [0.25, 0.3) is 0 Å². The highest BCUT2D eigenvalue weighted by atomic mass is 16.5. The van der Waals surface area contributed by atoms with E-state index in [0.717, 1.165) is 5.56 Å². The normalized spacial score (nSPS) is 37.6. The zero-order chi connectivity index (χ0) is 15.0. The van der Waals surface area contributed by atoms with Crippen LogP contribution in [-0.2, 0) is 20.9 Å². The van der Waals surface area contributed by atoms with Crippen LogP contribution in [0.1, 0.15) is 25.8 Å². The summed E-state index contributed by atoms with van der Waals surface area (Å²) in [5.41, 5.74) is 0.588. The van der Waals surface area contributed by atoms with E-state index < -0.39 is 5.60 Å². The SMILES string of the molecule is B[C@@H]1O[C@]2(CC(=O)OCc3ccccc3)C(C)[C@@H]1N[C@@H]2C. The van der Waals surface area contributed by atoms with Gasteiger partial charge >= 0.3 is 5.97 Å². The summed E-state index contributed by atoms with van der Waals surface area (Å²) in [6.45, 7) is 4.58. The van der Waals surface area contributed by atoms with Gasteiger partial charge in [-0.05, 0) is 12.5 Å². The third kappa shape index (κ3) is 2.49. The first-order valence-corrected chi connectivity index (χ1v) is 7.66. The van der Waals surface area contributed by atoms with Gasteiger partial charge in [0, 0.05) is 24.0 Å². The van der Waals surface area contributed by atoms with Crippen molar-refractivity contribution in [3.8, 4) is 0 Å². The van der Waals surface area contributed by atoms with Gasteiger partial charge < -0.3 is 14.8 Å². The molecule has 0 radical (unpaired) electrons. The van der Waals surface area contributed by atoms with Crippen LogP contribution < -0.4 is 5.32 Å². The molecule has 5 heteroatoms. The standard InChI is InChI=1S/C16H22BNO3/c1-10-14-15(17)21-16(10,11(2)18-14)8-13(19)20-9-12-6-4-3-5-7-12/h3-7,10-11,14-15,18H,8-9,17H2,1-2H3/t10?,11-,14+,15-,16-/m1/s1. The van der Waals surface area contributed by atoms with Gasteiger partial charge in [-0.25, -0.2) is 0 Å². The van der Waals surface area contributed by atoms with Crippen molar-refractivity contribution in [1.29, 1.82) is 0 Å². The number of carbonyl (C=O) groups excluding carboxylic acids is 1. The van der Waals surface area contributed by atoms with Gasteiger partial charge in [-0.3, -0.25) is 4.79 Å². The molecular formula is C16H22BNO3. The molecule has 5 atom stereocenters. The van der Waals surface area contributed by atoms with Crippen molar-refractivity contribution in [3.63, 3.8) is 0 Å². The highest BCUT2D eigenvalue weighted by Crippen LogP contribution is 2.46. The van der Waals surface area contributed by atoms with E-state index in [1.807, 2.05) is 30.3 Å². The lowest BCUT2D eigenvalue weighted by Gasteiger charge is -2.36. The molecule has 0 saturated carbocycles. The van der Waals surface area contributed by atoms with Crippen LogP contribution in [0.5, 0.6) is 0 Å². The Morgan fingerprint density at radius 3 is 2.71 bits per heavy atom. The molecule has 2 heterocycles. The highest BCUT2D eigenvalue weighted by molar-refractivity contribution is 6.12. The van der Waals surface area contributed by atoms with Crippen LogP contribution in [0.2, 0.25) is 0 Å². The Morgan fingerprint density at radius 2 is 2.10 bits per heavy atom. The van der Waals surface area contributed by atoms with Gasteiger partial charge in [0.2, 0.25) is 0 Å². The molecule has 4 nitrogen and oxygen atoms in total. The molecule has 0 aromatic heterocycles. The Hall–Kier alpha value is -1.33. The molecule has 2 aliphatic heterocycles. The molecule has 2 bridgehead atoms. The summed E-state index contributed by atoms with van der Waals surface area (Å²) in [5.74, 6) is 0.140. The maximum Gasteiger partial charge on any atom is 0.309 e. The van der Waals surface area contributed by atoms with E-state index in [9.17, 15) is 4.79 Å². The number of hydrogen-bond donors (Lipinski definition) is 1. The maximum atomic E-state index is 12.2.